The molecule has 1 amide bonds. The lowest BCUT2D eigenvalue weighted by Gasteiger charge is -2.13. The summed E-state index contributed by atoms with van der Waals surface area (Å²) in [4.78, 5) is 21.3. The highest BCUT2D eigenvalue weighted by atomic mass is 16.5. The van der Waals surface area contributed by atoms with Crippen LogP contribution < -0.4 is 15.4 Å². The number of nitrogens with zero attached hydrogens (tertiary/aromatic N) is 2. The number of carbonyl (C=O) groups is 1. The van der Waals surface area contributed by atoms with Crippen LogP contribution in [0.25, 0.3) is 0 Å². The summed E-state index contributed by atoms with van der Waals surface area (Å²) in [5.41, 5.74) is 3.31. The van der Waals surface area contributed by atoms with E-state index < -0.39 is 0 Å². The Balaban J connectivity index is 1.76. The van der Waals surface area contributed by atoms with Gasteiger partial charge in [-0.3, -0.25) is 4.79 Å². The highest BCUT2D eigenvalue weighted by molar-refractivity contribution is 5.93. The van der Waals surface area contributed by atoms with Crippen LogP contribution in [0.5, 0.6) is 5.75 Å². The summed E-state index contributed by atoms with van der Waals surface area (Å²) >= 11 is 0. The van der Waals surface area contributed by atoms with Crippen LogP contribution in [0.4, 0.5) is 11.5 Å². The van der Waals surface area contributed by atoms with Gasteiger partial charge in [0.1, 0.15) is 23.1 Å². The van der Waals surface area contributed by atoms with Gasteiger partial charge in [-0.1, -0.05) is 36.4 Å². The second-order valence-electron chi connectivity index (χ2n) is 6.35. The first-order chi connectivity index (χ1) is 13.6. The summed E-state index contributed by atoms with van der Waals surface area (Å²) in [6, 6.07) is 17.2. The van der Waals surface area contributed by atoms with Crippen molar-refractivity contribution in [1.82, 2.24) is 15.3 Å². The smallest absolute Gasteiger partial charge is 0.270 e. The summed E-state index contributed by atoms with van der Waals surface area (Å²) in [5.74, 6) is 1.54. The van der Waals surface area contributed by atoms with Gasteiger partial charge in [0.15, 0.2) is 0 Å². The Kier molecular flexibility index (Phi) is 6.22. The highest BCUT2D eigenvalue weighted by Crippen LogP contribution is 2.26. The molecule has 0 spiro atoms. The zero-order valence-electron chi connectivity index (χ0n) is 16.3. The third-order valence-electron chi connectivity index (χ3n) is 4.22. The van der Waals surface area contributed by atoms with Crippen LogP contribution in [0, 0.1) is 13.8 Å². The van der Waals surface area contributed by atoms with Crippen LogP contribution in [-0.2, 0) is 6.54 Å². The van der Waals surface area contributed by atoms with Crippen molar-refractivity contribution in [3.63, 3.8) is 0 Å². The zero-order chi connectivity index (χ0) is 19.9. The number of carbonyl (C=O) groups excluding carboxylic acids is 1. The third-order valence-corrected chi connectivity index (χ3v) is 4.22. The molecule has 0 atom stereocenters. The van der Waals surface area contributed by atoms with Crippen molar-refractivity contribution in [2.24, 2.45) is 0 Å². The number of aryl methyl sites for hydroxylation is 2. The van der Waals surface area contributed by atoms with Crippen LogP contribution in [0.15, 0.2) is 54.6 Å². The molecule has 0 saturated carbocycles. The molecule has 28 heavy (non-hydrogen) atoms. The van der Waals surface area contributed by atoms with Gasteiger partial charge in [0.05, 0.1) is 12.3 Å². The van der Waals surface area contributed by atoms with E-state index >= 15 is 0 Å². The number of benzene rings is 2. The number of amides is 1. The number of nitrogens with one attached hydrogen (secondary N) is 2. The van der Waals surface area contributed by atoms with E-state index in [9.17, 15) is 4.79 Å². The standard InChI is InChI=1S/C22H24N4O2/c1-4-28-20-12-8-7-11-18(20)26-21-13-19(24-16(3)25-21)22(27)23-14-17-10-6-5-9-15(17)2/h5-13H,4,14H2,1-3H3,(H,23,27)(H,24,25,26). The van der Waals surface area contributed by atoms with Crippen molar-refractivity contribution >= 4 is 17.4 Å². The Morgan fingerprint density at radius 2 is 1.79 bits per heavy atom. The molecule has 0 aliphatic rings. The minimum absolute atomic E-state index is 0.241. The topological polar surface area (TPSA) is 76.1 Å². The van der Waals surface area contributed by atoms with Gasteiger partial charge >= 0.3 is 0 Å². The van der Waals surface area contributed by atoms with Crippen molar-refractivity contribution in [2.45, 2.75) is 27.3 Å². The average Bonchev–Trinajstić information content (AvgIpc) is 2.68. The van der Waals surface area contributed by atoms with Gasteiger partial charge in [-0.15, -0.1) is 0 Å². The number of hydrogen-bond donors (Lipinski definition) is 2. The van der Waals surface area contributed by atoms with E-state index in [1.165, 1.54) is 0 Å². The minimum atomic E-state index is -0.241. The van der Waals surface area contributed by atoms with E-state index in [0.717, 1.165) is 22.6 Å². The molecule has 144 valence electrons. The van der Waals surface area contributed by atoms with Crippen LogP contribution in [0.1, 0.15) is 34.4 Å². The molecule has 0 fully saturated rings. The van der Waals surface area contributed by atoms with E-state index in [2.05, 4.69) is 20.6 Å². The molecule has 1 aromatic heterocycles. The van der Waals surface area contributed by atoms with Crippen molar-refractivity contribution in [1.29, 1.82) is 0 Å². The lowest BCUT2D eigenvalue weighted by atomic mass is 10.1. The molecule has 2 aromatic carbocycles. The van der Waals surface area contributed by atoms with Crippen molar-refractivity contribution < 1.29 is 9.53 Å². The van der Waals surface area contributed by atoms with Gasteiger partial charge < -0.3 is 15.4 Å². The number of aromatic nitrogens is 2. The normalized spacial score (nSPS) is 10.4. The quantitative estimate of drug-likeness (QED) is 0.647. The van der Waals surface area contributed by atoms with Gasteiger partial charge in [0.2, 0.25) is 0 Å². The molecule has 3 rings (SSSR count). The number of anilines is 2. The summed E-state index contributed by atoms with van der Waals surface area (Å²) in [7, 11) is 0. The number of hydrogen-bond acceptors (Lipinski definition) is 5. The Bertz CT molecular complexity index is 972. The maximum Gasteiger partial charge on any atom is 0.270 e. The fourth-order valence-electron chi connectivity index (χ4n) is 2.81. The van der Waals surface area contributed by atoms with E-state index in [0.29, 0.717) is 30.5 Å². The van der Waals surface area contributed by atoms with Crippen molar-refractivity contribution in [2.75, 3.05) is 11.9 Å². The number of para-hydroxylation sites is 2. The largest absolute Gasteiger partial charge is 0.492 e. The van der Waals surface area contributed by atoms with Gasteiger partial charge in [-0.25, -0.2) is 9.97 Å². The second kappa shape index (κ2) is 8.99. The Labute approximate surface area is 165 Å². The van der Waals surface area contributed by atoms with E-state index in [1.807, 2.05) is 62.4 Å². The summed E-state index contributed by atoms with van der Waals surface area (Å²) in [5, 5.41) is 6.14. The average molecular weight is 376 g/mol. The molecule has 0 aliphatic carbocycles. The Morgan fingerprint density at radius 3 is 2.57 bits per heavy atom. The molecule has 0 saturated heterocycles. The molecule has 3 aromatic rings. The molecule has 1 heterocycles. The van der Waals surface area contributed by atoms with Crippen molar-refractivity contribution in [3.8, 4) is 5.75 Å². The molecular formula is C22H24N4O2. The summed E-state index contributed by atoms with van der Waals surface area (Å²) < 4.78 is 5.63. The maximum absolute atomic E-state index is 12.6. The molecule has 0 radical (unpaired) electrons. The first kappa shape index (κ1) is 19.4. The van der Waals surface area contributed by atoms with Gasteiger partial charge in [0, 0.05) is 12.6 Å². The van der Waals surface area contributed by atoms with E-state index in [4.69, 9.17) is 4.74 Å². The summed E-state index contributed by atoms with van der Waals surface area (Å²) in [6.45, 7) is 6.73. The Hall–Kier alpha value is -3.41. The first-order valence-electron chi connectivity index (χ1n) is 9.24. The third kappa shape index (κ3) is 4.85. The predicted octanol–water partition coefficient (Wildman–Crippen LogP) is 4.17. The zero-order valence-corrected chi connectivity index (χ0v) is 16.3. The lowest BCUT2D eigenvalue weighted by Crippen LogP contribution is -2.24. The van der Waals surface area contributed by atoms with Crippen LogP contribution in [0.2, 0.25) is 0 Å². The molecule has 0 aliphatic heterocycles. The molecule has 6 nitrogen and oxygen atoms in total. The maximum atomic E-state index is 12.6. The van der Waals surface area contributed by atoms with E-state index in [1.54, 1.807) is 13.0 Å². The molecular weight excluding hydrogens is 352 g/mol. The van der Waals surface area contributed by atoms with Crippen LogP contribution in [0.3, 0.4) is 0 Å². The monoisotopic (exact) mass is 376 g/mol. The summed E-state index contributed by atoms with van der Waals surface area (Å²) in [6.07, 6.45) is 0. The SMILES string of the molecule is CCOc1ccccc1Nc1cc(C(=O)NCc2ccccc2C)nc(C)n1. The van der Waals surface area contributed by atoms with Crippen LogP contribution in [-0.4, -0.2) is 22.5 Å². The molecule has 6 heteroatoms. The minimum Gasteiger partial charge on any atom is -0.492 e. The van der Waals surface area contributed by atoms with Crippen LogP contribution >= 0.6 is 0 Å². The second-order valence-corrected chi connectivity index (χ2v) is 6.35. The lowest BCUT2D eigenvalue weighted by molar-refractivity contribution is 0.0945. The fraction of sp³-hybridized carbons (Fsp3) is 0.227. The first-order valence-corrected chi connectivity index (χ1v) is 9.24. The predicted molar refractivity (Wildman–Crippen MR) is 110 cm³/mol. The highest BCUT2D eigenvalue weighted by Gasteiger charge is 2.12. The van der Waals surface area contributed by atoms with Gasteiger partial charge in [0.25, 0.3) is 5.91 Å². The molecule has 0 unspecified atom stereocenters. The molecule has 2 N–H and O–H groups in total. The van der Waals surface area contributed by atoms with Gasteiger partial charge in [-0.2, -0.15) is 0 Å². The fourth-order valence-corrected chi connectivity index (χ4v) is 2.81. The van der Waals surface area contributed by atoms with Gasteiger partial charge in [-0.05, 0) is 44.0 Å². The number of rotatable bonds is 7. The Morgan fingerprint density at radius 1 is 1.04 bits per heavy atom. The molecule has 0 bridgehead atoms. The van der Waals surface area contributed by atoms with Crippen molar-refractivity contribution in [3.05, 3.63) is 77.2 Å². The number of ether oxygens (including phenoxy) is 1. The van der Waals surface area contributed by atoms with E-state index in [-0.39, 0.29) is 5.91 Å².